The highest BCUT2D eigenvalue weighted by Gasteiger charge is 2.52. The molecule has 0 bridgehead atoms. The van der Waals surface area contributed by atoms with E-state index in [0.717, 1.165) is 5.56 Å². The predicted molar refractivity (Wildman–Crippen MR) is 141 cm³/mol. The Morgan fingerprint density at radius 1 is 1.13 bits per heavy atom. The Hall–Kier alpha value is -3.49. The van der Waals surface area contributed by atoms with E-state index in [2.05, 4.69) is 0 Å². The molecule has 5 rings (SSSR count). The minimum absolute atomic E-state index is 0.00234. The Labute approximate surface area is 224 Å². The summed E-state index contributed by atoms with van der Waals surface area (Å²) in [5, 5.41) is -0.0253. The van der Waals surface area contributed by atoms with Crippen LogP contribution in [0.15, 0.2) is 59.5 Å². The Kier molecular flexibility index (Phi) is 7.11. The van der Waals surface area contributed by atoms with E-state index >= 15 is 0 Å². The van der Waals surface area contributed by atoms with Crippen LogP contribution in [0.3, 0.4) is 0 Å². The number of carbonyl (C=O) groups excluding carboxylic acids is 2. The predicted octanol–water partition coefficient (Wildman–Crippen LogP) is 4.63. The number of benzene rings is 2. The number of carbonyl (C=O) groups is 2. The van der Waals surface area contributed by atoms with Crippen LogP contribution in [-0.2, 0) is 23.3 Å². The lowest BCUT2D eigenvalue weighted by molar-refractivity contribution is -0.0674. The van der Waals surface area contributed by atoms with Crippen molar-refractivity contribution in [3.05, 3.63) is 98.2 Å². The van der Waals surface area contributed by atoms with E-state index in [1.54, 1.807) is 35.8 Å². The second kappa shape index (κ2) is 10.3. The second-order valence-electron chi connectivity index (χ2n) is 9.98. The Morgan fingerprint density at radius 3 is 2.58 bits per heavy atom. The zero-order valence-corrected chi connectivity index (χ0v) is 22.0. The molecule has 198 valence electrons. The van der Waals surface area contributed by atoms with Gasteiger partial charge in [0.1, 0.15) is 12.4 Å². The number of pyridine rings is 1. The molecule has 1 amide bonds. The van der Waals surface area contributed by atoms with Crippen LogP contribution in [0.4, 0.5) is 4.39 Å². The molecule has 1 saturated carbocycles. The summed E-state index contributed by atoms with van der Waals surface area (Å²) in [4.78, 5) is 42.0. The van der Waals surface area contributed by atoms with Crippen molar-refractivity contribution >= 4 is 23.3 Å². The minimum Gasteiger partial charge on any atom is -0.483 e. The number of aromatic nitrogens is 1. The summed E-state index contributed by atoms with van der Waals surface area (Å²) in [6.07, 6.45) is 2.70. The highest BCUT2D eigenvalue weighted by atomic mass is 35.5. The van der Waals surface area contributed by atoms with Gasteiger partial charge < -0.3 is 18.9 Å². The average Bonchev–Trinajstić information content (AvgIpc) is 2.89. The number of fused-ring (bicyclic) bond motifs is 2. The molecule has 1 spiro atoms. The van der Waals surface area contributed by atoms with Gasteiger partial charge in [0.2, 0.25) is 5.43 Å². The summed E-state index contributed by atoms with van der Waals surface area (Å²) in [6, 6.07) is 13.9. The van der Waals surface area contributed by atoms with E-state index in [1.165, 1.54) is 12.3 Å². The molecule has 2 aliphatic rings. The SMILES string of the molecule is COC1CC2(C1)CN(C)C(=O)c1c(OCc3ccccc3)c(=O)c(C(=O)CCc3cccc(Cl)c3F)cn12. The molecule has 0 saturated heterocycles. The standard InChI is InChI=1S/C29H28ClFN2O5/c1-32-17-29(13-20(14-29)37-2)33-15-21(23(34)12-11-19-9-6-10-22(30)24(19)31)26(35)27(25(33)28(32)36)38-16-18-7-4-3-5-8-18/h3-10,15,20H,11-14,16-17H2,1-2H3. The first-order chi connectivity index (χ1) is 18.2. The molecule has 0 radical (unpaired) electrons. The van der Waals surface area contributed by atoms with Crippen molar-refractivity contribution in [3.63, 3.8) is 0 Å². The quantitative estimate of drug-likeness (QED) is 0.391. The summed E-state index contributed by atoms with van der Waals surface area (Å²) in [7, 11) is 3.33. The van der Waals surface area contributed by atoms with Crippen LogP contribution in [0.25, 0.3) is 0 Å². The summed E-state index contributed by atoms with van der Waals surface area (Å²) >= 11 is 5.88. The van der Waals surface area contributed by atoms with Crippen molar-refractivity contribution < 1.29 is 23.5 Å². The van der Waals surface area contributed by atoms with Gasteiger partial charge in [0.05, 0.1) is 22.2 Å². The van der Waals surface area contributed by atoms with Crippen molar-refractivity contribution in [2.45, 2.75) is 43.9 Å². The topological polar surface area (TPSA) is 77.8 Å². The lowest BCUT2D eigenvalue weighted by atomic mass is 9.72. The molecule has 2 heterocycles. The first-order valence-electron chi connectivity index (χ1n) is 12.5. The van der Waals surface area contributed by atoms with Gasteiger partial charge in [-0.2, -0.15) is 0 Å². The smallest absolute Gasteiger partial charge is 0.274 e. The van der Waals surface area contributed by atoms with Crippen LogP contribution in [0.1, 0.15) is 51.2 Å². The normalized spacial score (nSPS) is 20.3. The number of Topliss-reactive ketones (excluding diaryl/α,β-unsaturated/α-hetero) is 1. The molecule has 1 aliphatic heterocycles. The molecule has 7 nitrogen and oxygen atoms in total. The Morgan fingerprint density at radius 2 is 1.87 bits per heavy atom. The summed E-state index contributed by atoms with van der Waals surface area (Å²) in [6.45, 7) is 0.472. The van der Waals surface area contributed by atoms with Crippen LogP contribution in [0, 0.1) is 5.82 Å². The van der Waals surface area contributed by atoms with Crippen molar-refractivity contribution in [1.82, 2.24) is 9.47 Å². The van der Waals surface area contributed by atoms with E-state index in [0.29, 0.717) is 24.9 Å². The number of likely N-dealkylation sites (N-methyl/N-ethyl adjacent to an activating group) is 1. The van der Waals surface area contributed by atoms with Gasteiger partial charge in [0.25, 0.3) is 5.91 Å². The van der Waals surface area contributed by atoms with Crippen LogP contribution >= 0.6 is 11.6 Å². The number of aryl methyl sites for hydroxylation is 1. The van der Waals surface area contributed by atoms with E-state index in [1.807, 2.05) is 30.3 Å². The average molecular weight is 539 g/mol. The Balaban J connectivity index is 1.56. The number of ether oxygens (including phenoxy) is 2. The van der Waals surface area contributed by atoms with Gasteiger partial charge in [-0.3, -0.25) is 14.4 Å². The molecule has 2 aromatic carbocycles. The minimum atomic E-state index is -0.648. The molecule has 3 aromatic rings. The summed E-state index contributed by atoms with van der Waals surface area (Å²) in [5.74, 6) is -1.54. The summed E-state index contributed by atoms with van der Waals surface area (Å²) < 4.78 is 27.7. The van der Waals surface area contributed by atoms with Gasteiger partial charge in [0.15, 0.2) is 17.2 Å². The molecule has 0 unspecified atom stereocenters. The van der Waals surface area contributed by atoms with Gasteiger partial charge >= 0.3 is 0 Å². The lowest BCUT2D eigenvalue weighted by Crippen LogP contribution is -2.61. The zero-order chi connectivity index (χ0) is 27.0. The van der Waals surface area contributed by atoms with Crippen LogP contribution in [-0.4, -0.2) is 48.0 Å². The molecule has 0 atom stereocenters. The number of methoxy groups -OCH3 is 1. The van der Waals surface area contributed by atoms with Crippen LogP contribution in [0.5, 0.6) is 5.75 Å². The third-order valence-corrected chi connectivity index (χ3v) is 7.78. The number of amides is 1. The maximum Gasteiger partial charge on any atom is 0.274 e. The zero-order valence-electron chi connectivity index (χ0n) is 21.2. The maximum atomic E-state index is 14.4. The molecule has 0 N–H and O–H groups in total. The molecule has 9 heteroatoms. The van der Waals surface area contributed by atoms with E-state index < -0.39 is 22.6 Å². The Bertz CT molecular complexity index is 1450. The molecule has 1 aliphatic carbocycles. The fourth-order valence-corrected chi connectivity index (χ4v) is 5.60. The first kappa shape index (κ1) is 26.1. The fraction of sp³-hybridized carbons (Fsp3) is 0.345. The van der Waals surface area contributed by atoms with E-state index in [-0.39, 0.29) is 53.5 Å². The molecule has 38 heavy (non-hydrogen) atoms. The largest absolute Gasteiger partial charge is 0.483 e. The van der Waals surface area contributed by atoms with E-state index in [9.17, 15) is 18.8 Å². The van der Waals surface area contributed by atoms with Crippen molar-refractivity contribution in [3.8, 4) is 5.75 Å². The van der Waals surface area contributed by atoms with Crippen LogP contribution in [0.2, 0.25) is 5.02 Å². The number of hydrogen-bond acceptors (Lipinski definition) is 5. The first-order valence-corrected chi connectivity index (χ1v) is 12.8. The number of nitrogens with zero attached hydrogens (tertiary/aromatic N) is 2. The molecular weight excluding hydrogens is 511 g/mol. The summed E-state index contributed by atoms with van der Waals surface area (Å²) in [5.41, 5.74) is -0.0210. The molecule has 1 aromatic heterocycles. The van der Waals surface area contributed by atoms with Gasteiger partial charge in [-0.1, -0.05) is 54.1 Å². The van der Waals surface area contributed by atoms with Gasteiger partial charge in [-0.05, 0) is 36.5 Å². The highest BCUT2D eigenvalue weighted by Crippen LogP contribution is 2.45. The third kappa shape index (κ3) is 4.63. The lowest BCUT2D eigenvalue weighted by Gasteiger charge is -2.53. The third-order valence-electron chi connectivity index (χ3n) is 7.48. The molecular formula is C29H28ClFN2O5. The monoisotopic (exact) mass is 538 g/mol. The fourth-order valence-electron chi connectivity index (χ4n) is 5.40. The number of ketones is 1. The second-order valence-corrected chi connectivity index (χ2v) is 10.4. The number of halogens is 2. The van der Waals surface area contributed by atoms with Crippen molar-refractivity contribution in [2.75, 3.05) is 20.7 Å². The van der Waals surface area contributed by atoms with Crippen molar-refractivity contribution in [2.24, 2.45) is 0 Å². The maximum absolute atomic E-state index is 14.4. The molecule has 1 fully saturated rings. The highest BCUT2D eigenvalue weighted by molar-refractivity contribution is 6.30. The number of rotatable bonds is 8. The van der Waals surface area contributed by atoms with Gasteiger partial charge in [-0.15, -0.1) is 0 Å². The van der Waals surface area contributed by atoms with E-state index in [4.69, 9.17) is 21.1 Å². The van der Waals surface area contributed by atoms with Crippen LogP contribution < -0.4 is 10.2 Å². The van der Waals surface area contributed by atoms with Gasteiger partial charge in [-0.25, -0.2) is 4.39 Å². The van der Waals surface area contributed by atoms with Gasteiger partial charge in [0, 0.05) is 33.3 Å². The number of hydrogen-bond donors (Lipinski definition) is 0. The van der Waals surface area contributed by atoms with Crippen molar-refractivity contribution in [1.29, 1.82) is 0 Å².